The molecule has 25 heavy (non-hydrogen) atoms. The van der Waals surface area contributed by atoms with Crippen molar-refractivity contribution in [1.29, 1.82) is 0 Å². The number of nitro benzene ring substituents is 2. The fourth-order valence-corrected chi connectivity index (χ4v) is 2.16. The minimum atomic E-state index is -0.595. The molecule has 8 nitrogen and oxygen atoms in total. The Labute approximate surface area is 142 Å². The van der Waals surface area contributed by atoms with Gasteiger partial charge in [-0.25, -0.2) is 0 Å². The minimum Gasteiger partial charge on any atom is -0.450 e. The molecule has 0 saturated heterocycles. The molecule has 0 aromatic heterocycles. The Bertz CT molecular complexity index is 778. The van der Waals surface area contributed by atoms with E-state index in [1.54, 1.807) is 12.1 Å². The largest absolute Gasteiger partial charge is 0.450 e. The summed E-state index contributed by atoms with van der Waals surface area (Å²) in [6.07, 6.45) is 2.81. The summed E-state index contributed by atoms with van der Waals surface area (Å²) in [4.78, 5) is 21.0. The van der Waals surface area contributed by atoms with Crippen molar-refractivity contribution in [1.82, 2.24) is 0 Å². The first-order chi connectivity index (χ1) is 12.0. The average molecular weight is 342 g/mol. The molecule has 0 unspecified atom stereocenters. The average Bonchev–Trinajstić information content (AvgIpc) is 2.61. The van der Waals surface area contributed by atoms with Gasteiger partial charge in [0, 0.05) is 23.3 Å². The molecule has 0 aliphatic rings. The van der Waals surface area contributed by atoms with Crippen molar-refractivity contribution in [2.24, 2.45) is 0 Å². The van der Waals surface area contributed by atoms with Crippen LogP contribution in [-0.4, -0.2) is 16.6 Å². The van der Waals surface area contributed by atoms with E-state index in [-0.39, 0.29) is 22.9 Å². The Kier molecular flexibility index (Phi) is 5.47. The summed E-state index contributed by atoms with van der Waals surface area (Å²) in [6.45, 7) is 6.69. The van der Waals surface area contributed by atoms with E-state index in [0.29, 0.717) is 11.1 Å². The second-order valence-electron chi connectivity index (χ2n) is 4.72. The molecule has 0 atom stereocenters. The number of rotatable bonds is 8. The van der Waals surface area contributed by atoms with E-state index in [9.17, 15) is 20.2 Å². The predicted molar refractivity (Wildman–Crippen MR) is 92.5 cm³/mol. The highest BCUT2D eigenvalue weighted by atomic mass is 16.7. The van der Waals surface area contributed by atoms with Gasteiger partial charge in [-0.05, 0) is 0 Å². The highest BCUT2D eigenvalue weighted by molar-refractivity contribution is 5.65. The summed E-state index contributed by atoms with van der Waals surface area (Å²) >= 11 is 0. The predicted octanol–water partition coefficient (Wildman–Crippen LogP) is 4.20. The normalized spacial score (nSPS) is 9.92. The van der Waals surface area contributed by atoms with Crippen LogP contribution >= 0.6 is 0 Å². The summed E-state index contributed by atoms with van der Waals surface area (Å²) in [5.41, 5.74) is 0.300. The molecule has 0 aliphatic heterocycles. The SMILES string of the molecule is C=Cc1cccc([N+](=O)[O-])c1OCOc1c(C=C)cccc1[N+](=O)[O-]. The Morgan fingerprint density at radius 2 is 1.24 bits per heavy atom. The van der Waals surface area contributed by atoms with Crippen molar-refractivity contribution in [2.45, 2.75) is 0 Å². The van der Waals surface area contributed by atoms with Crippen LogP contribution in [0.1, 0.15) is 11.1 Å². The van der Waals surface area contributed by atoms with Crippen molar-refractivity contribution in [3.63, 3.8) is 0 Å². The maximum Gasteiger partial charge on any atom is 0.311 e. The van der Waals surface area contributed by atoms with Crippen molar-refractivity contribution < 1.29 is 19.3 Å². The van der Waals surface area contributed by atoms with Crippen LogP contribution in [0.4, 0.5) is 11.4 Å². The second-order valence-corrected chi connectivity index (χ2v) is 4.72. The molecule has 128 valence electrons. The zero-order chi connectivity index (χ0) is 18.4. The molecule has 0 aliphatic carbocycles. The molecule has 0 spiro atoms. The molecular formula is C17H14N2O6. The fourth-order valence-electron chi connectivity index (χ4n) is 2.16. The van der Waals surface area contributed by atoms with Gasteiger partial charge in [0.15, 0.2) is 0 Å². The van der Waals surface area contributed by atoms with Gasteiger partial charge in [-0.15, -0.1) is 0 Å². The van der Waals surface area contributed by atoms with Crippen LogP contribution in [0.25, 0.3) is 12.2 Å². The fraction of sp³-hybridized carbons (Fsp3) is 0.0588. The number of hydrogen-bond donors (Lipinski definition) is 0. The van der Waals surface area contributed by atoms with Gasteiger partial charge in [0.2, 0.25) is 18.3 Å². The Morgan fingerprint density at radius 3 is 1.56 bits per heavy atom. The number of benzene rings is 2. The van der Waals surface area contributed by atoms with Gasteiger partial charge < -0.3 is 9.47 Å². The maximum atomic E-state index is 11.1. The van der Waals surface area contributed by atoms with E-state index < -0.39 is 16.6 Å². The zero-order valence-electron chi connectivity index (χ0n) is 13.1. The van der Waals surface area contributed by atoms with Gasteiger partial charge >= 0.3 is 11.4 Å². The van der Waals surface area contributed by atoms with Gasteiger partial charge in [0.05, 0.1) is 9.85 Å². The van der Waals surface area contributed by atoms with E-state index in [1.807, 2.05) is 0 Å². The molecule has 0 N–H and O–H groups in total. The van der Waals surface area contributed by atoms with Crippen LogP contribution in [0.15, 0.2) is 49.6 Å². The summed E-state index contributed by atoms with van der Waals surface area (Å²) in [6, 6.07) is 8.75. The Balaban J connectivity index is 2.28. The molecule has 0 fully saturated rings. The summed E-state index contributed by atoms with van der Waals surface area (Å²) < 4.78 is 10.7. The van der Waals surface area contributed by atoms with E-state index in [2.05, 4.69) is 13.2 Å². The minimum absolute atomic E-state index is 0.0266. The molecule has 0 radical (unpaired) electrons. The Morgan fingerprint density at radius 1 is 0.840 bits per heavy atom. The number of para-hydroxylation sites is 2. The standard InChI is InChI=1S/C17H14N2O6/c1-3-12-7-5-9-14(18(20)21)16(12)24-11-25-17-13(4-2)8-6-10-15(17)19(22)23/h3-10H,1-2,11H2. The number of hydrogen-bond acceptors (Lipinski definition) is 6. The van der Waals surface area contributed by atoms with Crippen molar-refractivity contribution >= 4 is 23.5 Å². The summed E-state index contributed by atoms with van der Waals surface area (Å²) in [5.74, 6) is -0.0533. The van der Waals surface area contributed by atoms with Crippen LogP contribution < -0.4 is 9.47 Å². The maximum absolute atomic E-state index is 11.1. The lowest BCUT2D eigenvalue weighted by Gasteiger charge is -2.12. The highest BCUT2D eigenvalue weighted by Gasteiger charge is 2.20. The molecule has 8 heteroatoms. The quantitative estimate of drug-likeness (QED) is 0.404. The number of nitro groups is 2. The van der Waals surface area contributed by atoms with Crippen LogP contribution in [0.2, 0.25) is 0 Å². The first kappa shape index (κ1) is 17.7. The topological polar surface area (TPSA) is 105 Å². The van der Waals surface area contributed by atoms with Crippen LogP contribution in [0.5, 0.6) is 11.5 Å². The lowest BCUT2D eigenvalue weighted by Crippen LogP contribution is -2.10. The van der Waals surface area contributed by atoms with Gasteiger partial charge in [0.25, 0.3) is 0 Å². The molecule has 2 rings (SSSR count). The van der Waals surface area contributed by atoms with Crippen molar-refractivity contribution in [3.05, 3.63) is 80.9 Å². The molecular weight excluding hydrogens is 328 g/mol. The van der Waals surface area contributed by atoms with Gasteiger partial charge in [-0.3, -0.25) is 20.2 Å². The smallest absolute Gasteiger partial charge is 0.311 e. The third-order valence-electron chi connectivity index (χ3n) is 3.29. The van der Waals surface area contributed by atoms with Gasteiger partial charge in [-0.1, -0.05) is 49.6 Å². The van der Waals surface area contributed by atoms with Gasteiger partial charge in [-0.2, -0.15) is 0 Å². The van der Waals surface area contributed by atoms with E-state index >= 15 is 0 Å². The Hall–Kier alpha value is -3.68. The van der Waals surface area contributed by atoms with Gasteiger partial charge in [0.1, 0.15) is 0 Å². The first-order valence-electron chi connectivity index (χ1n) is 7.04. The second kappa shape index (κ2) is 7.73. The summed E-state index contributed by atoms with van der Waals surface area (Å²) in [7, 11) is 0. The zero-order valence-corrected chi connectivity index (χ0v) is 13.1. The molecule has 2 aromatic rings. The van der Waals surface area contributed by atoms with Crippen molar-refractivity contribution in [2.75, 3.05) is 6.79 Å². The van der Waals surface area contributed by atoms with Crippen LogP contribution in [0, 0.1) is 20.2 Å². The molecule has 0 bridgehead atoms. The molecule has 0 saturated carbocycles. The van der Waals surface area contributed by atoms with E-state index in [4.69, 9.17) is 9.47 Å². The number of ether oxygens (including phenoxy) is 2. The lowest BCUT2D eigenvalue weighted by atomic mass is 10.1. The molecule has 0 amide bonds. The summed E-state index contributed by atoms with van der Waals surface area (Å²) in [5, 5.41) is 22.2. The molecule has 0 heterocycles. The van der Waals surface area contributed by atoms with Crippen molar-refractivity contribution in [3.8, 4) is 11.5 Å². The number of nitrogens with zero attached hydrogens (tertiary/aromatic N) is 2. The van der Waals surface area contributed by atoms with Crippen LogP contribution in [-0.2, 0) is 0 Å². The van der Waals surface area contributed by atoms with E-state index in [1.165, 1.54) is 36.4 Å². The van der Waals surface area contributed by atoms with E-state index in [0.717, 1.165) is 0 Å². The molecule has 2 aromatic carbocycles. The highest BCUT2D eigenvalue weighted by Crippen LogP contribution is 2.34. The monoisotopic (exact) mass is 342 g/mol. The lowest BCUT2D eigenvalue weighted by molar-refractivity contribution is -0.386. The van der Waals surface area contributed by atoms with Crippen LogP contribution in [0.3, 0.4) is 0 Å². The third-order valence-corrected chi connectivity index (χ3v) is 3.29. The first-order valence-corrected chi connectivity index (χ1v) is 7.04. The third kappa shape index (κ3) is 3.81.